The van der Waals surface area contributed by atoms with Crippen LogP contribution >= 0.6 is 11.3 Å². The number of carboxylic acids is 1. The highest BCUT2D eigenvalue weighted by molar-refractivity contribution is 7.14. The summed E-state index contributed by atoms with van der Waals surface area (Å²) in [7, 11) is 1.41. The fourth-order valence-corrected chi connectivity index (χ4v) is 3.54. The van der Waals surface area contributed by atoms with Crippen LogP contribution < -0.4 is 25.4 Å². The van der Waals surface area contributed by atoms with Crippen LogP contribution in [-0.2, 0) is 11.3 Å². The lowest BCUT2D eigenvalue weighted by atomic mass is 10.2. The zero-order chi connectivity index (χ0) is 24.5. The van der Waals surface area contributed by atoms with Gasteiger partial charge in [0, 0.05) is 23.7 Å². The van der Waals surface area contributed by atoms with Gasteiger partial charge in [-0.25, -0.2) is 14.6 Å². The standard InChI is InChI=1S/C23H24N4O6S/c1-3-17(21(29)30)33-18-10-9-15(11-19(18)32-2)25-20(28)16-13-34-23(26-16)27-22(31)24-12-14-7-5-4-6-8-14/h4-11,13,17H,3,12H2,1-2H3,(H,25,28)(H,29,30)(H2,24,26,27,31). The molecule has 10 nitrogen and oxygen atoms in total. The van der Waals surface area contributed by atoms with Gasteiger partial charge >= 0.3 is 12.0 Å². The molecule has 1 atom stereocenters. The van der Waals surface area contributed by atoms with Crippen molar-refractivity contribution in [1.82, 2.24) is 10.3 Å². The first kappa shape index (κ1) is 24.5. The van der Waals surface area contributed by atoms with Crippen LogP contribution in [0.25, 0.3) is 0 Å². The number of hydrogen-bond acceptors (Lipinski definition) is 7. The number of rotatable bonds is 10. The van der Waals surface area contributed by atoms with Gasteiger partial charge in [0.2, 0.25) is 0 Å². The molecule has 34 heavy (non-hydrogen) atoms. The van der Waals surface area contributed by atoms with Crippen LogP contribution in [-0.4, -0.2) is 41.2 Å². The van der Waals surface area contributed by atoms with Gasteiger partial charge in [-0.05, 0) is 24.1 Å². The Morgan fingerprint density at radius 3 is 2.53 bits per heavy atom. The molecule has 0 bridgehead atoms. The second-order valence-corrected chi connectivity index (χ2v) is 7.86. The molecule has 3 amide bonds. The number of nitrogens with zero attached hydrogens (tertiary/aromatic N) is 1. The van der Waals surface area contributed by atoms with E-state index in [2.05, 4.69) is 20.9 Å². The van der Waals surface area contributed by atoms with Gasteiger partial charge < -0.3 is 25.2 Å². The molecule has 0 radical (unpaired) electrons. The molecule has 3 rings (SSSR count). The van der Waals surface area contributed by atoms with Crippen molar-refractivity contribution in [2.45, 2.75) is 26.0 Å². The first-order chi connectivity index (χ1) is 16.4. The highest BCUT2D eigenvalue weighted by atomic mass is 32.1. The molecule has 1 unspecified atom stereocenters. The minimum atomic E-state index is -1.08. The predicted molar refractivity (Wildman–Crippen MR) is 128 cm³/mol. The van der Waals surface area contributed by atoms with Crippen LogP contribution in [0, 0.1) is 0 Å². The molecule has 2 aromatic carbocycles. The summed E-state index contributed by atoms with van der Waals surface area (Å²) in [6, 6.07) is 13.6. The number of amides is 3. The monoisotopic (exact) mass is 484 g/mol. The third-order valence-corrected chi connectivity index (χ3v) is 5.35. The van der Waals surface area contributed by atoms with E-state index in [0.717, 1.165) is 16.9 Å². The third-order valence-electron chi connectivity index (χ3n) is 4.59. The van der Waals surface area contributed by atoms with Gasteiger partial charge in [-0.15, -0.1) is 11.3 Å². The number of carboxylic acid groups (broad SMARTS) is 1. The SMILES string of the molecule is CCC(Oc1ccc(NC(=O)c2csc(NC(=O)NCc3ccccc3)n2)cc1OC)C(=O)O. The van der Waals surface area contributed by atoms with Gasteiger partial charge in [-0.1, -0.05) is 37.3 Å². The summed E-state index contributed by atoms with van der Waals surface area (Å²) in [6.45, 7) is 2.06. The number of benzene rings is 2. The Kier molecular flexibility index (Phi) is 8.41. The Bertz CT molecular complexity index is 1150. The first-order valence-corrected chi connectivity index (χ1v) is 11.2. The molecule has 0 aliphatic carbocycles. The van der Waals surface area contributed by atoms with E-state index in [4.69, 9.17) is 9.47 Å². The Balaban J connectivity index is 1.58. The summed E-state index contributed by atoms with van der Waals surface area (Å²) < 4.78 is 10.7. The largest absolute Gasteiger partial charge is 0.493 e. The minimum absolute atomic E-state index is 0.125. The normalized spacial score (nSPS) is 11.2. The molecule has 1 aromatic heterocycles. The molecule has 0 saturated heterocycles. The topological polar surface area (TPSA) is 139 Å². The van der Waals surface area contributed by atoms with Crippen LogP contribution in [0.5, 0.6) is 11.5 Å². The minimum Gasteiger partial charge on any atom is -0.493 e. The quantitative estimate of drug-likeness (QED) is 0.341. The lowest BCUT2D eigenvalue weighted by Crippen LogP contribution is -2.28. The van der Waals surface area contributed by atoms with Crippen LogP contribution in [0.2, 0.25) is 0 Å². The van der Waals surface area contributed by atoms with Crippen molar-refractivity contribution >= 4 is 40.1 Å². The molecular formula is C23H24N4O6S. The molecular weight excluding hydrogens is 460 g/mol. The lowest BCUT2D eigenvalue weighted by Gasteiger charge is -2.16. The maximum atomic E-state index is 12.6. The number of carbonyl (C=O) groups is 3. The van der Waals surface area contributed by atoms with E-state index in [1.165, 1.54) is 24.6 Å². The molecule has 4 N–H and O–H groups in total. The maximum absolute atomic E-state index is 12.6. The highest BCUT2D eigenvalue weighted by Crippen LogP contribution is 2.31. The zero-order valence-corrected chi connectivity index (χ0v) is 19.3. The maximum Gasteiger partial charge on any atom is 0.344 e. The average Bonchev–Trinajstić information content (AvgIpc) is 3.30. The molecule has 0 saturated carbocycles. The van der Waals surface area contributed by atoms with E-state index >= 15 is 0 Å². The van der Waals surface area contributed by atoms with Crippen LogP contribution in [0.3, 0.4) is 0 Å². The predicted octanol–water partition coefficient (Wildman–Crippen LogP) is 3.97. The van der Waals surface area contributed by atoms with E-state index < -0.39 is 24.0 Å². The van der Waals surface area contributed by atoms with Crippen molar-refractivity contribution in [2.24, 2.45) is 0 Å². The molecule has 1 heterocycles. The summed E-state index contributed by atoms with van der Waals surface area (Å²) >= 11 is 1.12. The van der Waals surface area contributed by atoms with Crippen LogP contribution in [0.15, 0.2) is 53.9 Å². The molecule has 0 aliphatic rings. The average molecular weight is 485 g/mol. The Morgan fingerprint density at radius 1 is 1.09 bits per heavy atom. The van der Waals surface area contributed by atoms with Crippen molar-refractivity contribution in [3.63, 3.8) is 0 Å². The third kappa shape index (κ3) is 6.69. The fraction of sp³-hybridized carbons (Fsp3) is 0.217. The van der Waals surface area contributed by atoms with Gasteiger partial charge in [-0.2, -0.15) is 0 Å². The number of carbonyl (C=O) groups excluding carboxylic acids is 2. The molecule has 11 heteroatoms. The van der Waals surface area contributed by atoms with E-state index in [0.29, 0.717) is 12.2 Å². The molecule has 0 fully saturated rings. The summed E-state index contributed by atoms with van der Waals surface area (Å²) in [5.41, 5.74) is 1.48. The number of aromatic nitrogens is 1. The second kappa shape index (κ2) is 11.7. The van der Waals surface area contributed by atoms with Crippen LogP contribution in [0.4, 0.5) is 15.6 Å². The van der Waals surface area contributed by atoms with Crippen molar-refractivity contribution in [1.29, 1.82) is 0 Å². The van der Waals surface area contributed by atoms with Crippen molar-refractivity contribution in [3.8, 4) is 11.5 Å². The smallest absolute Gasteiger partial charge is 0.344 e. The summed E-state index contributed by atoms with van der Waals surface area (Å²) in [5, 5.41) is 19.0. The van der Waals surface area contributed by atoms with Gasteiger partial charge in [0.15, 0.2) is 22.7 Å². The van der Waals surface area contributed by atoms with Gasteiger partial charge in [0.1, 0.15) is 5.69 Å². The molecule has 178 valence electrons. The molecule has 3 aromatic rings. The van der Waals surface area contributed by atoms with Crippen molar-refractivity contribution in [2.75, 3.05) is 17.7 Å². The first-order valence-electron chi connectivity index (χ1n) is 10.3. The number of aliphatic carboxylic acids is 1. The van der Waals surface area contributed by atoms with E-state index in [9.17, 15) is 19.5 Å². The summed E-state index contributed by atoms with van der Waals surface area (Å²) in [6.07, 6.45) is -0.735. The van der Waals surface area contributed by atoms with E-state index in [-0.39, 0.29) is 28.7 Å². The number of nitrogens with one attached hydrogen (secondary N) is 3. The van der Waals surface area contributed by atoms with Gasteiger partial charge in [0.05, 0.1) is 7.11 Å². The fourth-order valence-electron chi connectivity index (χ4n) is 2.85. The summed E-state index contributed by atoms with van der Waals surface area (Å²) in [5.74, 6) is -1.05. The Labute approximate surface area is 199 Å². The Hall–Kier alpha value is -4.12. The number of hydrogen-bond donors (Lipinski definition) is 4. The van der Waals surface area contributed by atoms with Crippen LogP contribution in [0.1, 0.15) is 29.4 Å². The second-order valence-electron chi connectivity index (χ2n) is 7.00. The van der Waals surface area contributed by atoms with Gasteiger partial charge in [-0.3, -0.25) is 10.1 Å². The van der Waals surface area contributed by atoms with Crippen molar-refractivity contribution in [3.05, 3.63) is 65.2 Å². The number of thiazole rings is 1. The molecule has 0 spiro atoms. The Morgan fingerprint density at radius 2 is 1.85 bits per heavy atom. The molecule has 0 aliphatic heterocycles. The number of urea groups is 1. The lowest BCUT2D eigenvalue weighted by molar-refractivity contribution is -0.145. The summed E-state index contributed by atoms with van der Waals surface area (Å²) in [4.78, 5) is 40.0. The number of ether oxygens (including phenoxy) is 2. The van der Waals surface area contributed by atoms with Crippen molar-refractivity contribution < 1.29 is 29.0 Å². The highest BCUT2D eigenvalue weighted by Gasteiger charge is 2.20. The van der Waals surface area contributed by atoms with E-state index in [1.54, 1.807) is 13.0 Å². The van der Waals surface area contributed by atoms with E-state index in [1.807, 2.05) is 30.3 Å². The number of anilines is 2. The zero-order valence-electron chi connectivity index (χ0n) is 18.5. The van der Waals surface area contributed by atoms with Gasteiger partial charge in [0.25, 0.3) is 5.91 Å². The number of methoxy groups -OCH3 is 1.